The summed E-state index contributed by atoms with van der Waals surface area (Å²) in [5.74, 6) is -0.270. The molecule has 1 amide bonds. The Bertz CT molecular complexity index is 1260. The van der Waals surface area contributed by atoms with Gasteiger partial charge in [-0.1, -0.05) is 0 Å². The van der Waals surface area contributed by atoms with Crippen LogP contribution < -0.4 is 14.8 Å². The lowest BCUT2D eigenvalue weighted by atomic mass is 9.92. The lowest BCUT2D eigenvalue weighted by Gasteiger charge is -2.47. The maximum Gasteiger partial charge on any atom is 0.410 e. The molecule has 2 unspecified atom stereocenters. The van der Waals surface area contributed by atoms with Gasteiger partial charge in [0.2, 0.25) is 5.75 Å². The third kappa shape index (κ3) is 5.42. The van der Waals surface area contributed by atoms with Gasteiger partial charge in [0.25, 0.3) is 5.88 Å². The molecule has 2 bridgehead atoms. The van der Waals surface area contributed by atoms with E-state index in [-0.39, 0.29) is 58.4 Å². The van der Waals surface area contributed by atoms with Gasteiger partial charge in [-0.2, -0.15) is 4.98 Å². The van der Waals surface area contributed by atoms with E-state index in [0.717, 1.165) is 31.6 Å². The van der Waals surface area contributed by atoms with Gasteiger partial charge >= 0.3 is 6.09 Å². The predicted octanol–water partition coefficient (Wildman–Crippen LogP) is 3.07. The lowest BCUT2D eigenvalue weighted by Crippen LogP contribution is -2.61. The van der Waals surface area contributed by atoms with Crippen LogP contribution in [0, 0.1) is 5.82 Å². The van der Waals surface area contributed by atoms with Crippen molar-refractivity contribution in [1.82, 2.24) is 14.9 Å². The lowest BCUT2D eigenvalue weighted by molar-refractivity contribution is -0.0985. The zero-order valence-corrected chi connectivity index (χ0v) is 21.4. The predicted molar refractivity (Wildman–Crippen MR) is 129 cm³/mol. The molecule has 0 spiro atoms. The number of piperidine rings is 1. The molecule has 2 saturated heterocycles. The van der Waals surface area contributed by atoms with Crippen molar-refractivity contribution in [2.75, 3.05) is 31.9 Å². The van der Waals surface area contributed by atoms with E-state index in [9.17, 15) is 17.6 Å². The van der Waals surface area contributed by atoms with Gasteiger partial charge in [-0.25, -0.2) is 22.6 Å². The van der Waals surface area contributed by atoms with E-state index in [1.165, 1.54) is 25.6 Å². The molecule has 200 valence electrons. The van der Waals surface area contributed by atoms with Gasteiger partial charge in [0.05, 0.1) is 43.0 Å². The van der Waals surface area contributed by atoms with Crippen LogP contribution in [0.2, 0.25) is 0 Å². The van der Waals surface area contributed by atoms with Crippen LogP contribution in [0.25, 0.3) is 0 Å². The number of hydrogen-bond acceptors (Lipinski definition) is 10. The van der Waals surface area contributed by atoms with Crippen molar-refractivity contribution in [2.45, 2.75) is 61.3 Å². The minimum Gasteiger partial charge on any atom is -0.489 e. The van der Waals surface area contributed by atoms with Crippen LogP contribution in [0.4, 0.5) is 20.7 Å². The van der Waals surface area contributed by atoms with Crippen molar-refractivity contribution in [3.8, 4) is 11.6 Å². The standard InChI is InChI=1S/C24H29FN4O7S/c1-33-21-22(28-20-7-6-18(10-19(20)25)37(2,31)32)26-13-27-23(21)35-17-8-14-11-34-12-15(9-17)29(14)24(30)36-16-4-3-5-16/h6-7,10,13-17H,3-5,8-9,11-12H2,1-2H3,(H,26,27,28). The molecule has 1 saturated carbocycles. The zero-order valence-electron chi connectivity index (χ0n) is 20.6. The number of nitrogens with one attached hydrogen (secondary N) is 1. The van der Waals surface area contributed by atoms with Crippen LogP contribution in [0.3, 0.4) is 0 Å². The second kappa shape index (κ2) is 10.3. The number of hydrogen-bond donors (Lipinski definition) is 1. The van der Waals surface area contributed by atoms with E-state index in [1.54, 1.807) is 4.90 Å². The number of sulfone groups is 1. The van der Waals surface area contributed by atoms with Gasteiger partial charge in [-0.05, 0) is 37.5 Å². The highest BCUT2D eigenvalue weighted by Gasteiger charge is 2.44. The number of aromatic nitrogens is 2. The van der Waals surface area contributed by atoms with E-state index in [1.807, 2.05) is 0 Å². The molecule has 1 aromatic heterocycles. The van der Waals surface area contributed by atoms with E-state index < -0.39 is 15.7 Å². The van der Waals surface area contributed by atoms with Gasteiger partial charge in [0, 0.05) is 19.1 Å². The molecule has 37 heavy (non-hydrogen) atoms. The second-order valence-electron chi connectivity index (χ2n) is 9.50. The number of carbonyl (C=O) groups is 1. The molecular formula is C24H29FN4O7S. The summed E-state index contributed by atoms with van der Waals surface area (Å²) in [6, 6.07) is 3.19. The molecule has 13 heteroatoms. The third-order valence-electron chi connectivity index (χ3n) is 6.88. The first kappa shape index (κ1) is 25.5. The monoisotopic (exact) mass is 536 g/mol. The van der Waals surface area contributed by atoms with Crippen LogP contribution in [0.5, 0.6) is 11.6 Å². The van der Waals surface area contributed by atoms with Crippen molar-refractivity contribution in [3.63, 3.8) is 0 Å². The molecule has 1 N–H and O–H groups in total. The van der Waals surface area contributed by atoms with Gasteiger partial charge in [-0.15, -0.1) is 0 Å². The maximum atomic E-state index is 14.6. The fourth-order valence-electron chi connectivity index (χ4n) is 4.78. The number of carbonyl (C=O) groups excluding carboxylic acids is 1. The van der Waals surface area contributed by atoms with Gasteiger partial charge in [-0.3, -0.25) is 4.90 Å². The number of morpholine rings is 1. The fourth-order valence-corrected chi connectivity index (χ4v) is 5.41. The van der Waals surface area contributed by atoms with Gasteiger partial charge in [0.15, 0.2) is 15.7 Å². The number of fused-ring (bicyclic) bond motifs is 2. The third-order valence-corrected chi connectivity index (χ3v) is 7.99. The summed E-state index contributed by atoms with van der Waals surface area (Å²) >= 11 is 0. The molecule has 3 fully saturated rings. The molecule has 1 aliphatic carbocycles. The Balaban J connectivity index is 1.30. The molecule has 5 rings (SSSR count). The smallest absolute Gasteiger partial charge is 0.410 e. The highest BCUT2D eigenvalue weighted by atomic mass is 32.2. The van der Waals surface area contributed by atoms with Crippen LogP contribution in [0.15, 0.2) is 29.4 Å². The van der Waals surface area contributed by atoms with E-state index in [2.05, 4.69) is 15.3 Å². The van der Waals surface area contributed by atoms with E-state index in [0.29, 0.717) is 26.1 Å². The Labute approximate surface area is 214 Å². The first-order valence-electron chi connectivity index (χ1n) is 12.1. The Morgan fingerprint density at radius 1 is 1.16 bits per heavy atom. The maximum absolute atomic E-state index is 14.6. The summed E-state index contributed by atoms with van der Waals surface area (Å²) in [6.07, 6.45) is 5.66. The summed E-state index contributed by atoms with van der Waals surface area (Å²) in [5, 5.41) is 2.82. The SMILES string of the molecule is COc1c(Nc2ccc(S(C)(=O)=O)cc2F)ncnc1OC1CC2COCC(C1)N2C(=O)OC1CCC1. The fraction of sp³-hybridized carbons (Fsp3) is 0.542. The Morgan fingerprint density at radius 2 is 1.89 bits per heavy atom. The van der Waals surface area contributed by atoms with E-state index >= 15 is 0 Å². The summed E-state index contributed by atoms with van der Waals surface area (Å²) in [6.45, 7) is 0.791. The Kier molecular flexibility index (Phi) is 7.08. The number of nitrogens with zero attached hydrogens (tertiary/aromatic N) is 3. The molecule has 11 nitrogen and oxygen atoms in total. The van der Waals surface area contributed by atoms with Crippen LogP contribution in [-0.2, 0) is 19.3 Å². The van der Waals surface area contributed by atoms with Crippen molar-refractivity contribution in [2.24, 2.45) is 0 Å². The second-order valence-corrected chi connectivity index (χ2v) is 11.5. The minimum atomic E-state index is -3.55. The number of benzene rings is 1. The Morgan fingerprint density at radius 3 is 2.49 bits per heavy atom. The number of methoxy groups -OCH3 is 1. The molecule has 2 aliphatic heterocycles. The molecule has 1 aromatic carbocycles. The highest BCUT2D eigenvalue weighted by molar-refractivity contribution is 7.90. The van der Waals surface area contributed by atoms with Crippen LogP contribution >= 0.6 is 0 Å². The quantitative estimate of drug-likeness (QED) is 0.564. The van der Waals surface area contributed by atoms with Gasteiger partial charge < -0.3 is 24.3 Å². The summed E-state index contributed by atoms with van der Waals surface area (Å²) < 4.78 is 61.0. The average Bonchev–Trinajstić information content (AvgIpc) is 2.81. The number of anilines is 2. The van der Waals surface area contributed by atoms with Crippen LogP contribution in [-0.4, -0.2) is 80.2 Å². The van der Waals surface area contributed by atoms with Crippen molar-refractivity contribution in [3.05, 3.63) is 30.3 Å². The Hall–Kier alpha value is -3.19. The first-order valence-corrected chi connectivity index (χ1v) is 14.0. The van der Waals surface area contributed by atoms with Crippen molar-refractivity contribution >= 4 is 27.4 Å². The molecule has 3 aliphatic rings. The van der Waals surface area contributed by atoms with Crippen LogP contribution in [0.1, 0.15) is 32.1 Å². The summed E-state index contributed by atoms with van der Waals surface area (Å²) in [5.41, 5.74) is 0.0142. The summed E-state index contributed by atoms with van der Waals surface area (Å²) in [4.78, 5) is 22.8. The zero-order chi connectivity index (χ0) is 26.2. The average molecular weight is 537 g/mol. The van der Waals surface area contributed by atoms with Crippen molar-refractivity contribution < 1.29 is 36.6 Å². The minimum absolute atomic E-state index is 0.00624. The number of rotatable bonds is 7. The molecule has 0 radical (unpaired) electrons. The molecule has 3 heterocycles. The number of halogens is 1. The van der Waals surface area contributed by atoms with Crippen molar-refractivity contribution in [1.29, 1.82) is 0 Å². The molecular weight excluding hydrogens is 507 g/mol. The summed E-state index contributed by atoms with van der Waals surface area (Å²) in [7, 11) is -2.13. The molecule has 2 aromatic rings. The topological polar surface area (TPSA) is 129 Å². The molecule has 2 atom stereocenters. The highest BCUT2D eigenvalue weighted by Crippen LogP contribution is 2.37. The first-order chi connectivity index (χ1) is 17.7. The largest absolute Gasteiger partial charge is 0.489 e. The van der Waals surface area contributed by atoms with Gasteiger partial charge in [0.1, 0.15) is 24.4 Å². The normalized spacial score (nSPS) is 23.6. The number of ether oxygens (including phenoxy) is 4. The van der Waals surface area contributed by atoms with E-state index in [4.69, 9.17) is 18.9 Å². The number of amides is 1.